The number of benzene rings is 1. The van der Waals surface area contributed by atoms with Gasteiger partial charge in [-0.1, -0.05) is 0 Å². The second kappa shape index (κ2) is 6.23. The molecule has 0 aliphatic heterocycles. The summed E-state index contributed by atoms with van der Waals surface area (Å²) >= 11 is 0. The minimum atomic E-state index is 0.228. The predicted octanol–water partition coefficient (Wildman–Crippen LogP) is 1.85. The van der Waals surface area contributed by atoms with Crippen molar-refractivity contribution in [3.05, 3.63) is 18.2 Å². The number of nitrogens with one attached hydrogen (secondary N) is 1. The van der Waals surface area contributed by atoms with Crippen molar-refractivity contribution >= 4 is 11.4 Å². The molecule has 1 unspecified atom stereocenters. The Morgan fingerprint density at radius 2 is 2.19 bits per heavy atom. The van der Waals surface area contributed by atoms with Crippen molar-refractivity contribution in [3.8, 4) is 5.75 Å². The van der Waals surface area contributed by atoms with E-state index in [2.05, 4.69) is 12.2 Å². The second-order valence-corrected chi connectivity index (χ2v) is 3.91. The third kappa shape index (κ3) is 3.98. The Hall–Kier alpha value is -1.42. The van der Waals surface area contributed by atoms with Crippen LogP contribution in [0.5, 0.6) is 5.75 Å². The topological polar surface area (TPSA) is 67.5 Å². The standard InChI is InChI=1S/C12H20N2O2/c1-9(4-3-5-15)14-11-6-10(13)7-12(8-11)16-2/h6-9,14-15H,3-5,13H2,1-2H3. The molecule has 1 aromatic carbocycles. The van der Waals surface area contributed by atoms with Gasteiger partial charge in [0.2, 0.25) is 0 Å². The molecule has 90 valence electrons. The number of hydrogen-bond acceptors (Lipinski definition) is 4. The van der Waals surface area contributed by atoms with Crippen LogP contribution in [0.3, 0.4) is 0 Å². The molecule has 0 saturated carbocycles. The first-order chi connectivity index (χ1) is 7.65. The van der Waals surface area contributed by atoms with Crippen LogP contribution >= 0.6 is 0 Å². The lowest BCUT2D eigenvalue weighted by Crippen LogP contribution is -2.15. The number of aliphatic hydroxyl groups excluding tert-OH is 1. The summed E-state index contributed by atoms with van der Waals surface area (Å²) in [6.45, 7) is 2.30. The van der Waals surface area contributed by atoms with Crippen LogP contribution in [0.1, 0.15) is 19.8 Å². The Morgan fingerprint density at radius 1 is 1.44 bits per heavy atom. The molecule has 0 aliphatic carbocycles. The highest BCUT2D eigenvalue weighted by atomic mass is 16.5. The van der Waals surface area contributed by atoms with E-state index in [1.165, 1.54) is 0 Å². The monoisotopic (exact) mass is 224 g/mol. The van der Waals surface area contributed by atoms with Gasteiger partial charge in [0.15, 0.2) is 0 Å². The van der Waals surface area contributed by atoms with Crippen LogP contribution in [0.15, 0.2) is 18.2 Å². The van der Waals surface area contributed by atoms with Gasteiger partial charge in [-0.25, -0.2) is 0 Å². The Morgan fingerprint density at radius 3 is 2.81 bits per heavy atom. The fourth-order valence-electron chi connectivity index (χ4n) is 1.58. The van der Waals surface area contributed by atoms with Gasteiger partial charge in [0, 0.05) is 36.2 Å². The van der Waals surface area contributed by atoms with Gasteiger partial charge in [0.25, 0.3) is 0 Å². The number of nitrogen functional groups attached to an aromatic ring is 1. The zero-order chi connectivity index (χ0) is 12.0. The first-order valence-electron chi connectivity index (χ1n) is 5.47. The Balaban J connectivity index is 2.61. The summed E-state index contributed by atoms with van der Waals surface area (Å²) in [5, 5.41) is 12.1. The fourth-order valence-corrected chi connectivity index (χ4v) is 1.58. The molecule has 0 aliphatic rings. The number of methoxy groups -OCH3 is 1. The summed E-state index contributed by atoms with van der Waals surface area (Å²) in [6, 6.07) is 5.87. The normalized spacial score (nSPS) is 12.2. The molecule has 4 nitrogen and oxygen atoms in total. The summed E-state index contributed by atoms with van der Waals surface area (Å²) in [7, 11) is 1.62. The van der Waals surface area contributed by atoms with Gasteiger partial charge in [0.05, 0.1) is 7.11 Å². The van der Waals surface area contributed by atoms with Crippen molar-refractivity contribution in [2.75, 3.05) is 24.8 Å². The Bertz CT molecular complexity index is 329. The number of nitrogens with two attached hydrogens (primary N) is 1. The maximum Gasteiger partial charge on any atom is 0.122 e. The minimum Gasteiger partial charge on any atom is -0.497 e. The molecule has 1 atom stereocenters. The van der Waals surface area contributed by atoms with E-state index < -0.39 is 0 Å². The molecule has 0 spiro atoms. The van der Waals surface area contributed by atoms with Crippen molar-refractivity contribution in [1.82, 2.24) is 0 Å². The van der Waals surface area contributed by atoms with E-state index in [0.717, 1.165) is 24.3 Å². The molecule has 0 fully saturated rings. The van der Waals surface area contributed by atoms with E-state index >= 15 is 0 Å². The molecule has 0 amide bonds. The lowest BCUT2D eigenvalue weighted by Gasteiger charge is -2.15. The summed E-state index contributed by atoms with van der Waals surface area (Å²) in [5.41, 5.74) is 7.37. The quantitative estimate of drug-likeness (QED) is 0.645. The summed E-state index contributed by atoms with van der Waals surface area (Å²) in [6.07, 6.45) is 1.72. The first kappa shape index (κ1) is 12.6. The zero-order valence-corrected chi connectivity index (χ0v) is 9.86. The van der Waals surface area contributed by atoms with Gasteiger partial charge in [0.1, 0.15) is 5.75 Å². The van der Waals surface area contributed by atoms with Gasteiger partial charge in [-0.05, 0) is 25.8 Å². The molecule has 16 heavy (non-hydrogen) atoms. The Kier molecular flexibility index (Phi) is 4.92. The Labute approximate surface area is 96.4 Å². The SMILES string of the molecule is COc1cc(N)cc(NC(C)CCCO)c1. The van der Waals surface area contributed by atoms with E-state index in [4.69, 9.17) is 15.6 Å². The van der Waals surface area contributed by atoms with Gasteiger partial charge >= 0.3 is 0 Å². The van der Waals surface area contributed by atoms with Gasteiger partial charge in [-0.3, -0.25) is 0 Å². The van der Waals surface area contributed by atoms with Crippen LogP contribution < -0.4 is 15.8 Å². The lowest BCUT2D eigenvalue weighted by atomic mass is 10.1. The van der Waals surface area contributed by atoms with Crippen molar-refractivity contribution in [2.24, 2.45) is 0 Å². The van der Waals surface area contributed by atoms with Gasteiger partial charge in [-0.2, -0.15) is 0 Å². The highest BCUT2D eigenvalue weighted by Crippen LogP contribution is 2.23. The van der Waals surface area contributed by atoms with Crippen LogP contribution in [0, 0.1) is 0 Å². The largest absolute Gasteiger partial charge is 0.497 e. The average Bonchev–Trinajstić information content (AvgIpc) is 2.25. The minimum absolute atomic E-state index is 0.228. The highest BCUT2D eigenvalue weighted by molar-refractivity contribution is 5.59. The lowest BCUT2D eigenvalue weighted by molar-refractivity contribution is 0.282. The fraction of sp³-hybridized carbons (Fsp3) is 0.500. The third-order valence-electron chi connectivity index (χ3n) is 2.37. The van der Waals surface area contributed by atoms with Crippen LogP contribution in [0.2, 0.25) is 0 Å². The predicted molar refractivity (Wildman–Crippen MR) is 66.8 cm³/mol. The van der Waals surface area contributed by atoms with Gasteiger partial charge in [-0.15, -0.1) is 0 Å². The molecular weight excluding hydrogens is 204 g/mol. The smallest absolute Gasteiger partial charge is 0.122 e. The van der Waals surface area contributed by atoms with E-state index in [9.17, 15) is 0 Å². The number of anilines is 2. The van der Waals surface area contributed by atoms with Crippen LogP contribution in [0.4, 0.5) is 11.4 Å². The van der Waals surface area contributed by atoms with Crippen LogP contribution in [-0.4, -0.2) is 24.9 Å². The highest BCUT2D eigenvalue weighted by Gasteiger charge is 2.03. The molecule has 0 aromatic heterocycles. The van der Waals surface area contributed by atoms with Crippen molar-refractivity contribution in [3.63, 3.8) is 0 Å². The molecule has 4 heteroatoms. The number of hydrogen-bond donors (Lipinski definition) is 3. The van der Waals surface area contributed by atoms with E-state index in [-0.39, 0.29) is 6.61 Å². The third-order valence-corrected chi connectivity index (χ3v) is 2.37. The van der Waals surface area contributed by atoms with Crippen molar-refractivity contribution in [1.29, 1.82) is 0 Å². The molecule has 1 rings (SSSR count). The molecule has 0 heterocycles. The maximum absolute atomic E-state index is 8.74. The van der Waals surface area contributed by atoms with Crippen LogP contribution in [-0.2, 0) is 0 Å². The molecule has 0 saturated heterocycles. The number of rotatable bonds is 6. The van der Waals surface area contributed by atoms with Gasteiger partial charge < -0.3 is 20.9 Å². The zero-order valence-electron chi connectivity index (χ0n) is 9.86. The summed E-state index contributed by atoms with van der Waals surface area (Å²) in [5.74, 6) is 0.747. The number of aliphatic hydroxyl groups is 1. The molecule has 0 bridgehead atoms. The summed E-state index contributed by atoms with van der Waals surface area (Å²) in [4.78, 5) is 0. The first-order valence-corrected chi connectivity index (χ1v) is 5.47. The van der Waals surface area contributed by atoms with E-state index in [0.29, 0.717) is 11.7 Å². The molecule has 1 aromatic rings. The number of ether oxygens (including phenoxy) is 1. The van der Waals surface area contributed by atoms with Crippen LogP contribution in [0.25, 0.3) is 0 Å². The second-order valence-electron chi connectivity index (χ2n) is 3.91. The van der Waals surface area contributed by atoms with Crippen molar-refractivity contribution < 1.29 is 9.84 Å². The molecule has 0 radical (unpaired) electrons. The van der Waals surface area contributed by atoms with E-state index in [1.54, 1.807) is 13.2 Å². The van der Waals surface area contributed by atoms with Crippen molar-refractivity contribution in [2.45, 2.75) is 25.8 Å². The average molecular weight is 224 g/mol. The molecular formula is C12H20N2O2. The molecule has 4 N–H and O–H groups in total. The summed E-state index contributed by atoms with van der Waals surface area (Å²) < 4.78 is 5.14. The van der Waals surface area contributed by atoms with E-state index in [1.807, 2.05) is 12.1 Å². The maximum atomic E-state index is 8.74.